The van der Waals surface area contributed by atoms with Gasteiger partial charge in [0.1, 0.15) is 9.22 Å². The van der Waals surface area contributed by atoms with Gasteiger partial charge in [0.2, 0.25) is 0 Å². The fourth-order valence-corrected chi connectivity index (χ4v) is 5.38. The Morgan fingerprint density at radius 1 is 1.26 bits per heavy atom. The molecule has 0 aliphatic carbocycles. The Kier molecular flexibility index (Phi) is 5.96. The summed E-state index contributed by atoms with van der Waals surface area (Å²) in [6, 6.07) is -0.0144. The van der Waals surface area contributed by atoms with Crippen molar-refractivity contribution < 1.29 is 31.4 Å². The first-order valence-corrected chi connectivity index (χ1v) is 10.1. The summed E-state index contributed by atoms with van der Waals surface area (Å²) in [6.07, 6.45) is -4.91. The smallest absolute Gasteiger partial charge is 0.367 e. The highest BCUT2D eigenvalue weighted by Gasteiger charge is 2.40. The molecule has 1 aliphatic heterocycles. The van der Waals surface area contributed by atoms with Gasteiger partial charge in [-0.3, -0.25) is 20.2 Å². The summed E-state index contributed by atoms with van der Waals surface area (Å²) in [7, 11) is -3.28. The molecule has 2 rings (SSSR count). The Hall–Kier alpha value is -2.00. The zero-order valence-electron chi connectivity index (χ0n) is 13.1. The molecule has 0 aromatic heterocycles. The maximum absolute atomic E-state index is 13.3. The molecule has 9 nitrogen and oxygen atoms in total. The van der Waals surface area contributed by atoms with Crippen molar-refractivity contribution in [2.24, 2.45) is 0 Å². The molecule has 148 valence electrons. The van der Waals surface area contributed by atoms with E-state index >= 15 is 0 Å². The highest BCUT2D eigenvalue weighted by Crippen LogP contribution is 2.44. The van der Waals surface area contributed by atoms with Crippen LogP contribution in [0.15, 0.2) is 17.0 Å². The van der Waals surface area contributed by atoms with Gasteiger partial charge in [-0.15, -0.1) is 0 Å². The normalized spacial score (nSPS) is 18.9. The van der Waals surface area contributed by atoms with E-state index in [0.717, 1.165) is 0 Å². The summed E-state index contributed by atoms with van der Waals surface area (Å²) in [4.78, 5) is 18.7. The molecule has 15 heteroatoms. The van der Waals surface area contributed by atoms with Gasteiger partial charge < -0.3 is 5.32 Å². The van der Waals surface area contributed by atoms with Gasteiger partial charge in [-0.05, 0) is 6.42 Å². The molecule has 1 unspecified atom stereocenters. The second-order valence-corrected chi connectivity index (χ2v) is 9.40. The van der Waals surface area contributed by atoms with Crippen molar-refractivity contribution >= 4 is 49.5 Å². The highest BCUT2D eigenvalue weighted by molar-refractivity contribution is 8.23. The van der Waals surface area contributed by atoms with E-state index < -0.39 is 53.7 Å². The topological polar surface area (TPSA) is 132 Å². The molecule has 0 radical (unpaired) electrons. The number of nitrogens with zero attached hydrogens (tertiary/aromatic N) is 2. The van der Waals surface area contributed by atoms with Gasteiger partial charge in [-0.2, -0.15) is 13.2 Å². The van der Waals surface area contributed by atoms with Gasteiger partial charge in [-0.25, -0.2) is 8.42 Å². The molecule has 1 aromatic rings. The molecule has 1 aromatic carbocycles. The van der Waals surface area contributed by atoms with E-state index in [0.29, 0.717) is 6.07 Å². The molecule has 1 atom stereocenters. The van der Waals surface area contributed by atoms with Crippen molar-refractivity contribution in [3.63, 3.8) is 0 Å². The summed E-state index contributed by atoms with van der Waals surface area (Å²) >= 11 is 5.09. The first-order valence-electron chi connectivity index (χ1n) is 7.03. The predicted molar refractivity (Wildman–Crippen MR) is 93.4 cm³/mol. The summed E-state index contributed by atoms with van der Waals surface area (Å²) in [5.41, 5.74) is -3.78. The number of rotatable bonds is 4. The molecule has 0 amide bonds. The van der Waals surface area contributed by atoms with Crippen LogP contribution in [0.5, 0.6) is 0 Å². The van der Waals surface area contributed by atoms with Crippen LogP contribution in [-0.2, 0) is 16.0 Å². The number of benzene rings is 1. The molecular weight excluding hydrogens is 435 g/mol. The molecule has 1 saturated heterocycles. The maximum atomic E-state index is 13.3. The lowest BCUT2D eigenvalue weighted by molar-refractivity contribution is -0.396. The molecular formula is C12H10F3N3O6S3. The van der Waals surface area contributed by atoms with E-state index in [9.17, 15) is 41.8 Å². The number of hydrogen-bond acceptors (Lipinski definition) is 8. The first-order chi connectivity index (χ1) is 12.3. The minimum atomic E-state index is -5.11. The Balaban J connectivity index is 2.40. The lowest BCUT2D eigenvalue weighted by Gasteiger charge is -2.16. The van der Waals surface area contributed by atoms with E-state index in [1.54, 1.807) is 0 Å². The fourth-order valence-electron chi connectivity index (χ4n) is 2.36. The lowest BCUT2D eigenvalue weighted by Crippen LogP contribution is -2.32. The van der Waals surface area contributed by atoms with Crippen LogP contribution in [0.25, 0.3) is 0 Å². The van der Waals surface area contributed by atoms with Crippen molar-refractivity contribution in [3.05, 3.63) is 37.9 Å². The molecule has 1 heterocycles. The predicted octanol–water partition coefficient (Wildman–Crippen LogP) is 2.68. The van der Waals surface area contributed by atoms with E-state index in [1.807, 2.05) is 0 Å². The third-order valence-corrected chi connectivity index (χ3v) is 6.59. The molecule has 1 fully saturated rings. The zero-order valence-corrected chi connectivity index (χ0v) is 15.5. The van der Waals surface area contributed by atoms with Gasteiger partial charge in [0.05, 0.1) is 33.0 Å². The van der Waals surface area contributed by atoms with Crippen LogP contribution >= 0.6 is 24.0 Å². The van der Waals surface area contributed by atoms with Crippen molar-refractivity contribution in [1.29, 1.82) is 0 Å². The van der Waals surface area contributed by atoms with Crippen LogP contribution in [0.2, 0.25) is 0 Å². The van der Waals surface area contributed by atoms with Gasteiger partial charge in [0.25, 0.3) is 11.4 Å². The fraction of sp³-hybridized carbons (Fsp3) is 0.417. The average molecular weight is 445 g/mol. The minimum Gasteiger partial charge on any atom is -0.367 e. The van der Waals surface area contributed by atoms with E-state index in [2.05, 4.69) is 5.32 Å². The quantitative estimate of drug-likeness (QED) is 0.321. The summed E-state index contributed by atoms with van der Waals surface area (Å²) in [5, 5.41) is 24.5. The number of halogens is 3. The second kappa shape index (κ2) is 7.55. The standard InChI is InChI=1S/C12H10F3N3O6S3/c13-12(14,15)8-3-7(17(19)20)4-9(18(21)22)10(8)26-11(25)16-6-1-2-27(23,24)5-6/h3-4,6H,1-2,5H2,(H,16,25). The number of nitrogens with one attached hydrogen (secondary N) is 1. The SMILES string of the molecule is O=[N+]([O-])c1cc([N+](=O)[O-])c(SC(=S)NC2CCS(=O)(=O)C2)c(C(F)(F)F)c1. The van der Waals surface area contributed by atoms with Crippen LogP contribution in [0, 0.1) is 20.2 Å². The molecule has 0 spiro atoms. The number of alkyl halides is 3. The van der Waals surface area contributed by atoms with Gasteiger partial charge in [0.15, 0.2) is 9.84 Å². The number of nitro groups is 2. The molecule has 0 saturated carbocycles. The Morgan fingerprint density at radius 2 is 1.89 bits per heavy atom. The first kappa shape index (κ1) is 21.3. The monoisotopic (exact) mass is 445 g/mol. The Bertz CT molecular complexity index is 919. The zero-order chi connectivity index (χ0) is 20.6. The third-order valence-electron chi connectivity index (χ3n) is 3.52. The van der Waals surface area contributed by atoms with Crippen LogP contribution in [0.3, 0.4) is 0 Å². The Morgan fingerprint density at radius 3 is 2.33 bits per heavy atom. The van der Waals surface area contributed by atoms with Crippen molar-refractivity contribution in [2.75, 3.05) is 11.5 Å². The number of nitro benzene ring substituents is 2. The van der Waals surface area contributed by atoms with Crippen LogP contribution < -0.4 is 5.32 Å². The lowest BCUT2D eigenvalue weighted by atomic mass is 10.1. The average Bonchev–Trinajstić information content (AvgIpc) is 2.84. The van der Waals surface area contributed by atoms with Crippen molar-refractivity contribution in [1.82, 2.24) is 5.32 Å². The van der Waals surface area contributed by atoms with E-state index in [4.69, 9.17) is 12.2 Å². The molecule has 27 heavy (non-hydrogen) atoms. The minimum absolute atomic E-state index is 0.108. The van der Waals surface area contributed by atoms with E-state index in [1.165, 1.54) is 0 Å². The summed E-state index contributed by atoms with van der Waals surface area (Å²) < 4.78 is 62.4. The number of thiocarbonyl (C=S) groups is 1. The second-order valence-electron chi connectivity index (χ2n) is 5.49. The van der Waals surface area contributed by atoms with Crippen LogP contribution in [0.1, 0.15) is 12.0 Å². The molecule has 0 bridgehead atoms. The van der Waals surface area contributed by atoms with Crippen molar-refractivity contribution in [3.8, 4) is 0 Å². The van der Waals surface area contributed by atoms with Gasteiger partial charge in [0, 0.05) is 12.1 Å². The van der Waals surface area contributed by atoms with Gasteiger partial charge >= 0.3 is 6.18 Å². The molecule has 1 N–H and O–H groups in total. The molecule has 1 aliphatic rings. The Labute approximate surface area is 159 Å². The number of non-ortho nitro benzene ring substituents is 1. The number of thioether (sulfide) groups is 1. The highest BCUT2D eigenvalue weighted by atomic mass is 32.2. The largest absolute Gasteiger partial charge is 0.418 e. The van der Waals surface area contributed by atoms with E-state index in [-0.39, 0.29) is 40.1 Å². The third kappa shape index (κ3) is 5.26. The maximum Gasteiger partial charge on any atom is 0.418 e. The number of sulfone groups is 1. The van der Waals surface area contributed by atoms with Crippen LogP contribution in [-0.4, -0.2) is 40.1 Å². The van der Waals surface area contributed by atoms with Crippen LogP contribution in [0.4, 0.5) is 24.5 Å². The van der Waals surface area contributed by atoms with Crippen molar-refractivity contribution in [2.45, 2.75) is 23.5 Å². The number of hydrogen-bond donors (Lipinski definition) is 1. The summed E-state index contributed by atoms with van der Waals surface area (Å²) in [6.45, 7) is 0. The van der Waals surface area contributed by atoms with Gasteiger partial charge in [-0.1, -0.05) is 24.0 Å². The summed E-state index contributed by atoms with van der Waals surface area (Å²) in [5.74, 6) is -0.369.